The van der Waals surface area contributed by atoms with Gasteiger partial charge in [-0.1, -0.05) is 22.4 Å². The standard InChI is InChI=1S/C19H21F3N6O2/c1-12(28-8-6-27(7-9-28)11-16-23-13(2)25-29-16)18-24-17(26-30-18)14-4-3-5-15(10-14)19(20,21)22/h3-5,10,12H,6-9,11H2,1-2H3. The molecule has 11 heteroatoms. The van der Waals surface area contributed by atoms with E-state index in [0.717, 1.165) is 38.3 Å². The predicted octanol–water partition coefficient (Wildman–Crippen LogP) is 3.33. The van der Waals surface area contributed by atoms with Crippen molar-refractivity contribution in [1.29, 1.82) is 0 Å². The fourth-order valence-corrected chi connectivity index (χ4v) is 3.42. The molecule has 1 fully saturated rings. The molecule has 30 heavy (non-hydrogen) atoms. The first-order chi connectivity index (χ1) is 14.3. The van der Waals surface area contributed by atoms with Crippen LogP contribution in [0.25, 0.3) is 11.4 Å². The predicted molar refractivity (Wildman–Crippen MR) is 99.0 cm³/mol. The average molecular weight is 422 g/mol. The molecule has 0 saturated carbocycles. The van der Waals surface area contributed by atoms with Gasteiger partial charge in [0, 0.05) is 31.7 Å². The number of nitrogens with zero attached hydrogens (tertiary/aromatic N) is 6. The van der Waals surface area contributed by atoms with E-state index in [0.29, 0.717) is 24.2 Å². The van der Waals surface area contributed by atoms with Crippen LogP contribution in [0.2, 0.25) is 0 Å². The summed E-state index contributed by atoms with van der Waals surface area (Å²) in [5, 5.41) is 7.68. The van der Waals surface area contributed by atoms with E-state index in [1.807, 2.05) is 6.92 Å². The number of hydrogen-bond acceptors (Lipinski definition) is 8. The number of benzene rings is 1. The first-order valence-electron chi connectivity index (χ1n) is 9.56. The van der Waals surface area contributed by atoms with E-state index in [1.165, 1.54) is 12.1 Å². The van der Waals surface area contributed by atoms with Crippen molar-refractivity contribution in [3.8, 4) is 11.4 Å². The Hall–Kier alpha value is -2.79. The largest absolute Gasteiger partial charge is 0.416 e. The van der Waals surface area contributed by atoms with E-state index >= 15 is 0 Å². The van der Waals surface area contributed by atoms with Crippen LogP contribution < -0.4 is 0 Å². The third-order valence-electron chi connectivity index (χ3n) is 5.13. The highest BCUT2D eigenvalue weighted by Crippen LogP contribution is 2.32. The van der Waals surface area contributed by atoms with Crippen LogP contribution >= 0.6 is 0 Å². The maximum absolute atomic E-state index is 12.9. The summed E-state index contributed by atoms with van der Waals surface area (Å²) in [6.07, 6.45) is -4.42. The Morgan fingerprint density at radius 1 is 1.07 bits per heavy atom. The molecule has 160 valence electrons. The Morgan fingerprint density at radius 2 is 1.83 bits per heavy atom. The molecule has 0 radical (unpaired) electrons. The van der Waals surface area contributed by atoms with Crippen molar-refractivity contribution in [3.05, 3.63) is 47.4 Å². The van der Waals surface area contributed by atoms with Gasteiger partial charge in [-0.25, -0.2) is 0 Å². The van der Waals surface area contributed by atoms with Crippen molar-refractivity contribution in [2.75, 3.05) is 26.2 Å². The Balaban J connectivity index is 1.38. The lowest BCUT2D eigenvalue weighted by Crippen LogP contribution is -2.46. The molecule has 1 aromatic carbocycles. The lowest BCUT2D eigenvalue weighted by atomic mass is 10.1. The molecule has 1 saturated heterocycles. The number of aryl methyl sites for hydroxylation is 1. The van der Waals surface area contributed by atoms with Crippen molar-refractivity contribution in [2.24, 2.45) is 0 Å². The van der Waals surface area contributed by atoms with Gasteiger partial charge in [-0.3, -0.25) is 9.80 Å². The number of piperazine rings is 1. The molecule has 0 bridgehead atoms. The van der Waals surface area contributed by atoms with Gasteiger partial charge in [-0.15, -0.1) is 0 Å². The van der Waals surface area contributed by atoms with Gasteiger partial charge in [0.05, 0.1) is 18.2 Å². The van der Waals surface area contributed by atoms with Crippen LogP contribution in [0.3, 0.4) is 0 Å². The molecule has 2 aromatic heterocycles. The normalized spacial score (nSPS) is 17.4. The second kappa shape index (κ2) is 8.15. The summed E-state index contributed by atoms with van der Waals surface area (Å²) in [7, 11) is 0. The molecule has 1 unspecified atom stereocenters. The quantitative estimate of drug-likeness (QED) is 0.619. The van der Waals surface area contributed by atoms with Crippen molar-refractivity contribution in [2.45, 2.75) is 32.6 Å². The Bertz CT molecular complexity index is 994. The van der Waals surface area contributed by atoms with Crippen LogP contribution in [-0.4, -0.2) is 56.3 Å². The maximum atomic E-state index is 12.9. The maximum Gasteiger partial charge on any atom is 0.416 e. The SMILES string of the molecule is Cc1noc(CN2CCN(C(C)c3nc(-c4cccc(C(F)(F)F)c4)no3)CC2)n1. The number of rotatable bonds is 5. The highest BCUT2D eigenvalue weighted by molar-refractivity contribution is 5.55. The molecule has 1 aliphatic heterocycles. The molecular formula is C19H21F3N6O2. The minimum absolute atomic E-state index is 0.147. The van der Waals surface area contributed by atoms with Crippen molar-refractivity contribution in [1.82, 2.24) is 30.1 Å². The first-order valence-corrected chi connectivity index (χ1v) is 9.56. The number of halogens is 3. The van der Waals surface area contributed by atoms with Gasteiger partial charge < -0.3 is 9.05 Å². The summed E-state index contributed by atoms with van der Waals surface area (Å²) in [6.45, 7) is 7.49. The molecule has 4 rings (SSSR count). The van der Waals surface area contributed by atoms with Crippen LogP contribution in [0.1, 0.15) is 36.1 Å². The van der Waals surface area contributed by atoms with Crippen LogP contribution in [0.15, 0.2) is 33.3 Å². The zero-order valence-corrected chi connectivity index (χ0v) is 16.6. The summed E-state index contributed by atoms with van der Waals surface area (Å²) in [5.41, 5.74) is -0.473. The third kappa shape index (κ3) is 4.51. The van der Waals surface area contributed by atoms with E-state index in [-0.39, 0.29) is 17.4 Å². The van der Waals surface area contributed by atoms with Gasteiger partial charge in [0.15, 0.2) is 5.82 Å². The van der Waals surface area contributed by atoms with Crippen LogP contribution in [0.4, 0.5) is 13.2 Å². The molecule has 1 aliphatic rings. The van der Waals surface area contributed by atoms with Crippen molar-refractivity contribution < 1.29 is 22.2 Å². The minimum Gasteiger partial charge on any atom is -0.338 e. The zero-order valence-electron chi connectivity index (χ0n) is 16.6. The fourth-order valence-electron chi connectivity index (χ4n) is 3.42. The first kappa shape index (κ1) is 20.5. The fraction of sp³-hybridized carbons (Fsp3) is 0.474. The highest BCUT2D eigenvalue weighted by atomic mass is 19.4. The Labute approximate surface area is 170 Å². The van der Waals surface area contributed by atoms with Crippen LogP contribution in [0, 0.1) is 6.92 Å². The van der Waals surface area contributed by atoms with Gasteiger partial charge >= 0.3 is 6.18 Å². The van der Waals surface area contributed by atoms with E-state index in [1.54, 1.807) is 6.92 Å². The summed E-state index contributed by atoms with van der Waals surface area (Å²) >= 11 is 0. The van der Waals surface area contributed by atoms with Gasteiger partial charge in [-0.05, 0) is 26.0 Å². The lowest BCUT2D eigenvalue weighted by Gasteiger charge is -2.36. The monoisotopic (exact) mass is 422 g/mol. The number of aromatic nitrogens is 4. The zero-order chi connectivity index (χ0) is 21.3. The van der Waals surface area contributed by atoms with E-state index in [4.69, 9.17) is 9.05 Å². The van der Waals surface area contributed by atoms with Gasteiger partial charge in [0.1, 0.15) is 0 Å². The number of hydrogen-bond donors (Lipinski definition) is 0. The molecule has 3 heterocycles. The Morgan fingerprint density at radius 3 is 2.50 bits per heavy atom. The second-order valence-electron chi connectivity index (χ2n) is 7.26. The minimum atomic E-state index is -4.42. The van der Waals surface area contributed by atoms with Crippen LogP contribution in [0.5, 0.6) is 0 Å². The van der Waals surface area contributed by atoms with E-state index in [2.05, 4.69) is 30.1 Å². The molecule has 0 spiro atoms. The average Bonchev–Trinajstić information content (AvgIpc) is 3.37. The molecule has 1 atom stereocenters. The summed E-state index contributed by atoms with van der Waals surface area (Å²) in [4.78, 5) is 13.0. The molecule has 3 aromatic rings. The third-order valence-corrected chi connectivity index (χ3v) is 5.13. The molecule has 0 N–H and O–H groups in total. The molecule has 8 nitrogen and oxygen atoms in total. The van der Waals surface area contributed by atoms with Gasteiger partial charge in [-0.2, -0.15) is 23.1 Å². The molecular weight excluding hydrogens is 401 g/mol. The van der Waals surface area contributed by atoms with Crippen molar-refractivity contribution >= 4 is 0 Å². The van der Waals surface area contributed by atoms with E-state index < -0.39 is 11.7 Å². The summed E-state index contributed by atoms with van der Waals surface area (Å²) < 4.78 is 49.3. The number of alkyl halides is 3. The Kier molecular flexibility index (Phi) is 5.56. The van der Waals surface area contributed by atoms with Gasteiger partial charge in [0.2, 0.25) is 17.6 Å². The second-order valence-corrected chi connectivity index (χ2v) is 7.26. The molecule has 0 amide bonds. The lowest BCUT2D eigenvalue weighted by molar-refractivity contribution is -0.137. The smallest absolute Gasteiger partial charge is 0.338 e. The highest BCUT2D eigenvalue weighted by Gasteiger charge is 2.31. The topological polar surface area (TPSA) is 84.3 Å². The molecule has 0 aliphatic carbocycles. The van der Waals surface area contributed by atoms with Crippen molar-refractivity contribution in [3.63, 3.8) is 0 Å². The summed E-state index contributed by atoms with van der Waals surface area (Å²) in [6, 6.07) is 4.76. The van der Waals surface area contributed by atoms with E-state index in [9.17, 15) is 13.2 Å². The summed E-state index contributed by atoms with van der Waals surface area (Å²) in [5.74, 6) is 1.73. The van der Waals surface area contributed by atoms with Crippen LogP contribution in [-0.2, 0) is 12.7 Å². The van der Waals surface area contributed by atoms with Gasteiger partial charge in [0.25, 0.3) is 0 Å².